The number of ether oxygens (including phenoxy) is 2. The van der Waals surface area contributed by atoms with Crippen molar-refractivity contribution in [2.75, 3.05) is 24.7 Å². The minimum Gasteiger partial charge on any atom is -0.494 e. The maximum Gasteiger partial charge on any atom is 0.344 e. The van der Waals surface area contributed by atoms with Crippen molar-refractivity contribution >= 4 is 21.7 Å². The summed E-state index contributed by atoms with van der Waals surface area (Å²) in [5.74, 6) is -2.11. The highest BCUT2D eigenvalue weighted by Crippen LogP contribution is 2.32. The van der Waals surface area contributed by atoms with Gasteiger partial charge in [-0.1, -0.05) is 6.92 Å². The topological polar surface area (TPSA) is 81.7 Å². The van der Waals surface area contributed by atoms with E-state index in [-0.39, 0.29) is 17.2 Å². The molecule has 6 nitrogen and oxygen atoms in total. The lowest BCUT2D eigenvalue weighted by Gasteiger charge is -2.14. The molecule has 0 radical (unpaired) electrons. The first-order valence-corrected chi connectivity index (χ1v) is 7.46. The highest BCUT2D eigenvalue weighted by atomic mass is 32.2. The molecule has 0 unspecified atom stereocenters. The Balaban J connectivity index is 3.32. The normalized spacial score (nSPS) is 11.0. The average Bonchev–Trinajstić information content (AvgIpc) is 2.39. The van der Waals surface area contributed by atoms with Gasteiger partial charge in [-0.2, -0.15) is 0 Å². The standard InChI is InChI=1S/C12H16FNO5S/c1-4-7-20(16,17)14-9-6-5-8(13)10(11(9)18-2)12(15)19-3/h5-6,14H,4,7H2,1-3H3. The first-order valence-electron chi connectivity index (χ1n) is 5.81. The summed E-state index contributed by atoms with van der Waals surface area (Å²) in [4.78, 5) is 11.5. The lowest BCUT2D eigenvalue weighted by atomic mass is 10.1. The van der Waals surface area contributed by atoms with Crippen molar-refractivity contribution in [1.82, 2.24) is 0 Å². The molecular weight excluding hydrogens is 289 g/mol. The van der Waals surface area contributed by atoms with E-state index in [1.807, 2.05) is 0 Å². The molecule has 1 rings (SSSR count). The van der Waals surface area contributed by atoms with E-state index >= 15 is 0 Å². The molecule has 0 aliphatic heterocycles. The van der Waals surface area contributed by atoms with Crippen LogP contribution in [0, 0.1) is 5.82 Å². The lowest BCUT2D eigenvalue weighted by Crippen LogP contribution is -2.18. The quantitative estimate of drug-likeness (QED) is 0.810. The summed E-state index contributed by atoms with van der Waals surface area (Å²) in [6, 6.07) is 2.16. The van der Waals surface area contributed by atoms with E-state index in [1.165, 1.54) is 13.2 Å². The fraction of sp³-hybridized carbons (Fsp3) is 0.417. The molecule has 0 saturated heterocycles. The number of sulfonamides is 1. The van der Waals surface area contributed by atoms with E-state index in [9.17, 15) is 17.6 Å². The van der Waals surface area contributed by atoms with Crippen LogP contribution in [0.3, 0.4) is 0 Å². The van der Waals surface area contributed by atoms with Gasteiger partial charge in [0.1, 0.15) is 11.4 Å². The number of hydrogen-bond donors (Lipinski definition) is 1. The number of nitrogens with one attached hydrogen (secondary N) is 1. The summed E-state index contributed by atoms with van der Waals surface area (Å²) in [7, 11) is -1.28. The Hall–Kier alpha value is -1.83. The van der Waals surface area contributed by atoms with Gasteiger partial charge in [0.25, 0.3) is 0 Å². The van der Waals surface area contributed by atoms with Crippen LogP contribution in [0.4, 0.5) is 10.1 Å². The van der Waals surface area contributed by atoms with Crippen LogP contribution in [0.25, 0.3) is 0 Å². The maximum atomic E-state index is 13.7. The molecule has 0 heterocycles. The zero-order chi connectivity index (χ0) is 15.3. The summed E-state index contributed by atoms with van der Waals surface area (Å²) < 4.78 is 48.8. The molecule has 0 amide bonds. The Bertz CT molecular complexity index is 600. The second kappa shape index (κ2) is 6.56. The monoisotopic (exact) mass is 305 g/mol. The maximum absolute atomic E-state index is 13.7. The number of esters is 1. The molecular formula is C12H16FNO5S. The Morgan fingerprint density at radius 2 is 2.00 bits per heavy atom. The van der Waals surface area contributed by atoms with Crippen LogP contribution >= 0.6 is 0 Å². The summed E-state index contributed by atoms with van der Waals surface area (Å²) in [6.07, 6.45) is 0.419. The molecule has 0 bridgehead atoms. The van der Waals surface area contributed by atoms with Gasteiger partial charge in [0, 0.05) is 0 Å². The van der Waals surface area contributed by atoms with Crippen LogP contribution in [-0.2, 0) is 14.8 Å². The molecule has 0 aliphatic carbocycles. The van der Waals surface area contributed by atoms with Crippen molar-refractivity contribution in [1.29, 1.82) is 0 Å². The molecule has 0 aromatic heterocycles. The van der Waals surface area contributed by atoms with E-state index in [1.54, 1.807) is 6.92 Å². The van der Waals surface area contributed by atoms with E-state index in [4.69, 9.17) is 4.74 Å². The Labute approximate surface area is 116 Å². The zero-order valence-corrected chi connectivity index (χ0v) is 12.2. The van der Waals surface area contributed by atoms with Crippen molar-refractivity contribution in [3.05, 3.63) is 23.5 Å². The van der Waals surface area contributed by atoms with E-state index < -0.39 is 27.4 Å². The fourth-order valence-corrected chi connectivity index (χ4v) is 2.77. The second-order valence-corrected chi connectivity index (χ2v) is 5.76. The number of carbonyl (C=O) groups excluding carboxylic acids is 1. The van der Waals surface area contributed by atoms with Crippen molar-refractivity contribution in [3.8, 4) is 5.75 Å². The smallest absolute Gasteiger partial charge is 0.344 e. The number of halogens is 1. The highest BCUT2D eigenvalue weighted by molar-refractivity contribution is 7.92. The molecule has 0 fully saturated rings. The number of rotatable bonds is 6. The Morgan fingerprint density at radius 3 is 2.50 bits per heavy atom. The molecule has 0 atom stereocenters. The second-order valence-electron chi connectivity index (χ2n) is 3.92. The van der Waals surface area contributed by atoms with Crippen LogP contribution in [0.15, 0.2) is 12.1 Å². The number of anilines is 1. The molecule has 0 spiro atoms. The van der Waals surface area contributed by atoms with Gasteiger partial charge < -0.3 is 9.47 Å². The zero-order valence-electron chi connectivity index (χ0n) is 11.4. The molecule has 1 aromatic carbocycles. The highest BCUT2D eigenvalue weighted by Gasteiger charge is 2.23. The molecule has 20 heavy (non-hydrogen) atoms. The summed E-state index contributed by atoms with van der Waals surface area (Å²) in [5.41, 5.74) is -0.463. The molecule has 8 heteroatoms. The average molecular weight is 305 g/mol. The lowest BCUT2D eigenvalue weighted by molar-refractivity contribution is 0.0591. The van der Waals surface area contributed by atoms with Crippen LogP contribution in [0.1, 0.15) is 23.7 Å². The summed E-state index contributed by atoms with van der Waals surface area (Å²) >= 11 is 0. The number of hydrogen-bond acceptors (Lipinski definition) is 5. The number of methoxy groups -OCH3 is 2. The molecule has 1 N–H and O–H groups in total. The van der Waals surface area contributed by atoms with Gasteiger partial charge in [0.05, 0.1) is 25.7 Å². The number of benzene rings is 1. The van der Waals surface area contributed by atoms with Gasteiger partial charge in [-0.15, -0.1) is 0 Å². The minimum atomic E-state index is -3.58. The predicted molar refractivity (Wildman–Crippen MR) is 72.0 cm³/mol. The van der Waals surface area contributed by atoms with Crippen molar-refractivity contribution < 1.29 is 27.1 Å². The third-order valence-corrected chi connectivity index (χ3v) is 3.92. The first kappa shape index (κ1) is 16.2. The first-order chi connectivity index (χ1) is 9.36. The number of carbonyl (C=O) groups is 1. The summed E-state index contributed by atoms with van der Waals surface area (Å²) in [5, 5.41) is 0. The van der Waals surface area contributed by atoms with Gasteiger partial charge in [0.15, 0.2) is 5.75 Å². The van der Waals surface area contributed by atoms with Gasteiger partial charge in [-0.3, -0.25) is 4.72 Å². The van der Waals surface area contributed by atoms with Crippen LogP contribution in [0.5, 0.6) is 5.75 Å². The van der Waals surface area contributed by atoms with Crippen LogP contribution < -0.4 is 9.46 Å². The van der Waals surface area contributed by atoms with Gasteiger partial charge in [-0.05, 0) is 18.6 Å². The van der Waals surface area contributed by atoms with Crippen LogP contribution in [-0.4, -0.2) is 34.4 Å². The Kier molecular flexibility index (Phi) is 5.32. The Morgan fingerprint density at radius 1 is 1.35 bits per heavy atom. The fourth-order valence-electron chi connectivity index (χ4n) is 1.63. The van der Waals surface area contributed by atoms with Gasteiger partial charge in [0.2, 0.25) is 10.0 Å². The van der Waals surface area contributed by atoms with Crippen molar-refractivity contribution in [3.63, 3.8) is 0 Å². The SMILES string of the molecule is CCCS(=O)(=O)Nc1ccc(F)c(C(=O)OC)c1OC. The molecule has 0 saturated carbocycles. The minimum absolute atomic E-state index is 0.0113. The third kappa shape index (κ3) is 3.60. The molecule has 1 aromatic rings. The van der Waals surface area contributed by atoms with Crippen LogP contribution in [0.2, 0.25) is 0 Å². The molecule has 112 valence electrons. The third-order valence-electron chi connectivity index (χ3n) is 2.44. The molecule has 0 aliphatic rings. The van der Waals surface area contributed by atoms with Crippen molar-refractivity contribution in [2.45, 2.75) is 13.3 Å². The van der Waals surface area contributed by atoms with E-state index in [2.05, 4.69) is 9.46 Å². The van der Waals surface area contributed by atoms with Crippen molar-refractivity contribution in [2.24, 2.45) is 0 Å². The van der Waals surface area contributed by atoms with E-state index in [0.717, 1.165) is 13.2 Å². The largest absolute Gasteiger partial charge is 0.494 e. The van der Waals surface area contributed by atoms with Gasteiger partial charge >= 0.3 is 5.97 Å². The van der Waals surface area contributed by atoms with E-state index in [0.29, 0.717) is 6.42 Å². The van der Waals surface area contributed by atoms with Gasteiger partial charge in [-0.25, -0.2) is 17.6 Å². The predicted octanol–water partition coefficient (Wildman–Crippen LogP) is 1.77. The summed E-state index contributed by atoms with van der Waals surface area (Å²) in [6.45, 7) is 1.71.